The van der Waals surface area contributed by atoms with Gasteiger partial charge in [0.1, 0.15) is 12.1 Å². The maximum atomic E-state index is 15.0. The van der Waals surface area contributed by atoms with Gasteiger partial charge in [-0.25, -0.2) is 13.6 Å². The second-order valence-electron chi connectivity index (χ2n) is 13.5. The number of alkyl halides is 5. The van der Waals surface area contributed by atoms with Crippen molar-refractivity contribution in [2.24, 2.45) is 0 Å². The minimum Gasteiger partial charge on any atom is -0.444 e. The summed E-state index contributed by atoms with van der Waals surface area (Å²) in [6.45, 7) is 5.51. The maximum absolute atomic E-state index is 15.0. The first-order valence-electron chi connectivity index (χ1n) is 15.7. The lowest BCUT2D eigenvalue weighted by Crippen LogP contribution is -2.48. The lowest BCUT2D eigenvalue weighted by atomic mass is 9.73. The molecule has 4 heterocycles. The minimum atomic E-state index is -4.66. The fraction of sp³-hybridized carbons (Fsp3) is 0.531. The fourth-order valence-corrected chi connectivity index (χ4v) is 7.06. The molecule has 49 heavy (non-hydrogen) atoms. The van der Waals surface area contributed by atoms with Gasteiger partial charge in [0.05, 0.1) is 35.4 Å². The van der Waals surface area contributed by atoms with Crippen molar-refractivity contribution >= 4 is 40.6 Å². The molecule has 6 rings (SSSR count). The van der Waals surface area contributed by atoms with E-state index < -0.39 is 59.2 Å². The number of ether oxygens (including phenoxy) is 2. The number of carbonyl (C=O) groups excluding carboxylic acids is 2. The molecule has 1 spiro atoms. The first-order valence-corrected chi connectivity index (χ1v) is 16.1. The van der Waals surface area contributed by atoms with E-state index in [1.165, 1.54) is 9.47 Å². The number of nitrogens with one attached hydrogen (secondary N) is 1. The average molecular weight is 713 g/mol. The number of piperidine rings is 1. The van der Waals surface area contributed by atoms with E-state index in [1.807, 2.05) is 0 Å². The second kappa shape index (κ2) is 12.7. The van der Waals surface area contributed by atoms with Gasteiger partial charge < -0.3 is 24.3 Å². The summed E-state index contributed by atoms with van der Waals surface area (Å²) in [5, 5.41) is 6.54. The van der Waals surface area contributed by atoms with Crippen LogP contribution in [0, 0.1) is 0 Å². The van der Waals surface area contributed by atoms with Gasteiger partial charge in [0.2, 0.25) is 18.1 Å². The topological polar surface area (TPSA) is 120 Å². The summed E-state index contributed by atoms with van der Waals surface area (Å²) in [4.78, 5) is 46.6. The third kappa shape index (κ3) is 6.76. The molecule has 1 aliphatic carbocycles. The highest BCUT2D eigenvalue weighted by atomic mass is 35.5. The summed E-state index contributed by atoms with van der Waals surface area (Å²) >= 11 is 6.07. The number of amides is 2. The third-order valence-corrected chi connectivity index (χ3v) is 9.39. The minimum absolute atomic E-state index is 0.0632. The van der Waals surface area contributed by atoms with Crippen molar-refractivity contribution in [1.82, 2.24) is 24.1 Å². The normalized spacial score (nSPS) is 19.3. The van der Waals surface area contributed by atoms with Gasteiger partial charge >= 0.3 is 12.3 Å². The lowest BCUT2D eigenvalue weighted by Gasteiger charge is -2.40. The molecular weight excluding hydrogens is 679 g/mol. The number of rotatable bonds is 5. The smallest absolute Gasteiger partial charge is 0.416 e. The van der Waals surface area contributed by atoms with Crippen LogP contribution in [0.25, 0.3) is 11.4 Å². The van der Waals surface area contributed by atoms with Gasteiger partial charge in [-0.1, -0.05) is 17.7 Å². The quantitative estimate of drug-likeness (QED) is 0.321. The molecule has 0 saturated carbocycles. The molecule has 0 bridgehead atoms. The van der Waals surface area contributed by atoms with Crippen LogP contribution in [-0.4, -0.2) is 74.4 Å². The highest BCUT2D eigenvalue weighted by Gasteiger charge is 2.53. The average Bonchev–Trinajstić information content (AvgIpc) is 3.61. The molecule has 1 saturated heterocycles. The van der Waals surface area contributed by atoms with Gasteiger partial charge in [0, 0.05) is 29.8 Å². The molecule has 2 aliphatic heterocycles. The van der Waals surface area contributed by atoms with E-state index in [9.17, 15) is 36.3 Å². The molecule has 3 aromatic rings. The van der Waals surface area contributed by atoms with Crippen LogP contribution < -0.4 is 10.9 Å². The van der Waals surface area contributed by atoms with Gasteiger partial charge in [-0.2, -0.15) is 22.7 Å². The van der Waals surface area contributed by atoms with E-state index in [4.69, 9.17) is 21.1 Å². The van der Waals surface area contributed by atoms with Crippen LogP contribution in [0.2, 0.25) is 5.02 Å². The van der Waals surface area contributed by atoms with E-state index in [-0.39, 0.29) is 72.5 Å². The summed E-state index contributed by atoms with van der Waals surface area (Å²) in [6, 6.07) is 2.42. The monoisotopic (exact) mass is 712 g/mol. The number of fused-ring (bicyclic) bond motifs is 3. The Bertz CT molecular complexity index is 1890. The molecular formula is C32H34ClF5N6O5. The summed E-state index contributed by atoms with van der Waals surface area (Å²) in [5.41, 5.74) is -2.92. The molecule has 17 heteroatoms. The van der Waals surface area contributed by atoms with Gasteiger partial charge in [-0.15, -0.1) is 5.10 Å². The van der Waals surface area contributed by atoms with Crippen LogP contribution in [0.5, 0.6) is 0 Å². The van der Waals surface area contributed by atoms with Crippen LogP contribution in [0.3, 0.4) is 0 Å². The van der Waals surface area contributed by atoms with Gasteiger partial charge in [0.15, 0.2) is 5.82 Å². The summed E-state index contributed by atoms with van der Waals surface area (Å²) in [6.07, 6.45) is -5.72. The Kier molecular flexibility index (Phi) is 9.01. The molecule has 1 fully saturated rings. The number of likely N-dealkylation sites (tertiary alicyclic amines) is 1. The predicted octanol–water partition coefficient (Wildman–Crippen LogP) is 6.03. The molecule has 1 unspecified atom stereocenters. The first kappa shape index (κ1) is 34.8. The predicted molar refractivity (Wildman–Crippen MR) is 168 cm³/mol. The molecule has 11 nitrogen and oxygen atoms in total. The largest absolute Gasteiger partial charge is 0.444 e. The summed E-state index contributed by atoms with van der Waals surface area (Å²) < 4.78 is 82.6. The Balaban J connectivity index is 1.43. The fourth-order valence-electron chi connectivity index (χ4n) is 6.83. The Labute approximate surface area is 282 Å². The van der Waals surface area contributed by atoms with Gasteiger partial charge in [0.25, 0.3) is 5.56 Å². The van der Waals surface area contributed by atoms with E-state index in [0.29, 0.717) is 24.7 Å². The molecule has 1 atom stereocenters. The van der Waals surface area contributed by atoms with Crippen LogP contribution in [0.4, 0.5) is 32.4 Å². The Morgan fingerprint density at radius 2 is 1.90 bits per heavy atom. The molecule has 2 aromatic heterocycles. The number of halogens is 6. The number of aromatic nitrogens is 4. The summed E-state index contributed by atoms with van der Waals surface area (Å²) in [5.74, 6) is -2.25. The van der Waals surface area contributed by atoms with Gasteiger partial charge in [-0.05, 0) is 70.2 Å². The van der Waals surface area contributed by atoms with Crippen molar-refractivity contribution in [2.75, 3.05) is 31.6 Å². The Morgan fingerprint density at radius 1 is 1.18 bits per heavy atom. The van der Waals surface area contributed by atoms with E-state index in [1.54, 1.807) is 26.8 Å². The zero-order chi connectivity index (χ0) is 35.5. The van der Waals surface area contributed by atoms with Crippen LogP contribution in [-0.2, 0) is 32.4 Å². The third-order valence-electron chi connectivity index (χ3n) is 9.08. The van der Waals surface area contributed by atoms with Crippen LogP contribution in [0.15, 0.2) is 29.1 Å². The van der Waals surface area contributed by atoms with E-state index in [0.717, 1.165) is 16.6 Å². The number of nitrogens with zero attached hydrogens (tertiary/aromatic N) is 5. The highest BCUT2D eigenvalue weighted by molar-refractivity contribution is 6.33. The van der Waals surface area contributed by atoms with Gasteiger partial charge in [-0.3, -0.25) is 9.59 Å². The number of carbonyl (C=O) groups is 2. The zero-order valence-electron chi connectivity index (χ0n) is 26.9. The number of hydrogen-bond donors (Lipinski definition) is 1. The Hall–Kier alpha value is -4.05. The molecule has 2 amide bonds. The first-order chi connectivity index (χ1) is 23.0. The van der Waals surface area contributed by atoms with Crippen molar-refractivity contribution in [2.45, 2.75) is 82.5 Å². The van der Waals surface area contributed by atoms with Crippen LogP contribution in [0.1, 0.15) is 75.0 Å². The molecule has 0 radical (unpaired) electrons. The van der Waals surface area contributed by atoms with Crippen molar-refractivity contribution in [1.29, 1.82) is 0 Å². The SMILES string of the molecule is CC(C)(C)OC(=O)N1CCC2(CC1)CC(C(F)F)c1c2c(=O)n2nc(C3=CCOCC3)nc2n1CC(=O)Nc1ccc(C(F)(F)F)cc1Cl. The number of benzene rings is 1. The molecule has 1 N–H and O–H groups in total. The van der Waals surface area contributed by atoms with Crippen molar-refractivity contribution < 1.29 is 41.0 Å². The van der Waals surface area contributed by atoms with E-state index >= 15 is 0 Å². The second-order valence-corrected chi connectivity index (χ2v) is 13.9. The molecule has 1 aromatic carbocycles. The molecule has 3 aliphatic rings. The van der Waals surface area contributed by atoms with Crippen molar-refractivity contribution in [3.63, 3.8) is 0 Å². The lowest BCUT2D eigenvalue weighted by molar-refractivity contribution is -0.137. The van der Waals surface area contributed by atoms with Crippen molar-refractivity contribution in [3.8, 4) is 0 Å². The highest BCUT2D eigenvalue weighted by Crippen LogP contribution is 2.52. The molecule has 264 valence electrons. The maximum Gasteiger partial charge on any atom is 0.416 e. The Morgan fingerprint density at radius 3 is 2.49 bits per heavy atom. The standard InChI is InChI=1S/C32H34ClF5N6O5/c1-30(2,3)49-29(47)42-10-8-31(9-11-42)15-19(25(34)35)24-23(31)27(46)44-28(40-26(41-44)17-6-12-48-13-7-17)43(24)16-22(45)39-21-5-4-18(14-20(21)33)32(36,37)38/h4-6,14,19,25H,7-13,15-16H2,1-3H3,(H,39,45). The zero-order valence-corrected chi connectivity index (χ0v) is 27.6. The van der Waals surface area contributed by atoms with E-state index in [2.05, 4.69) is 15.4 Å². The van der Waals surface area contributed by atoms with Crippen LogP contribution >= 0.6 is 11.6 Å². The number of anilines is 1. The summed E-state index contributed by atoms with van der Waals surface area (Å²) in [7, 11) is 0. The van der Waals surface area contributed by atoms with Crippen molar-refractivity contribution in [3.05, 3.63) is 62.3 Å². The number of hydrogen-bond acceptors (Lipinski definition) is 7.